The first-order chi connectivity index (χ1) is 6.15. The Morgan fingerprint density at radius 2 is 2.31 bits per heavy atom. The molecular formula is C8H9NO4. The van der Waals surface area contributed by atoms with Crippen molar-refractivity contribution in [3.8, 4) is 5.75 Å². The van der Waals surface area contributed by atoms with Crippen LogP contribution >= 0.6 is 0 Å². The lowest BCUT2D eigenvalue weighted by Crippen LogP contribution is -1.91. The predicted octanol–water partition coefficient (Wildman–Crippen LogP) is 1.45. The molecule has 1 aromatic carbocycles. The van der Waals surface area contributed by atoms with E-state index in [1.165, 1.54) is 19.2 Å². The zero-order valence-corrected chi connectivity index (χ0v) is 7.06. The molecule has 5 nitrogen and oxygen atoms in total. The number of phenols is 1. The number of aromatic hydroxyl groups is 1. The molecule has 0 aliphatic heterocycles. The minimum Gasteiger partial charge on any atom is -0.507 e. The Morgan fingerprint density at radius 1 is 1.62 bits per heavy atom. The molecule has 1 rings (SSSR count). The normalized spacial score (nSPS) is 9.92. The van der Waals surface area contributed by atoms with Gasteiger partial charge in [0.1, 0.15) is 5.75 Å². The Bertz CT molecular complexity index is 324. The summed E-state index contributed by atoms with van der Waals surface area (Å²) in [5.74, 6) is -0.115. The minimum absolute atomic E-state index is 0.115. The molecule has 0 bridgehead atoms. The number of methoxy groups -OCH3 is 1. The highest BCUT2D eigenvalue weighted by molar-refractivity contribution is 5.43. The molecule has 0 atom stereocenters. The van der Waals surface area contributed by atoms with Crippen LogP contribution < -0.4 is 0 Å². The molecule has 0 aliphatic carbocycles. The highest BCUT2D eigenvalue weighted by Gasteiger charge is 2.09. The summed E-state index contributed by atoms with van der Waals surface area (Å²) in [7, 11) is 1.49. The van der Waals surface area contributed by atoms with Gasteiger partial charge in [-0.3, -0.25) is 10.1 Å². The summed E-state index contributed by atoms with van der Waals surface area (Å²) in [5.41, 5.74) is 0.408. The fraction of sp³-hybridized carbons (Fsp3) is 0.250. The summed E-state index contributed by atoms with van der Waals surface area (Å²) in [4.78, 5) is 9.73. The molecule has 1 N–H and O–H groups in total. The largest absolute Gasteiger partial charge is 0.507 e. The number of nitrogens with zero attached hydrogens (tertiary/aromatic N) is 1. The van der Waals surface area contributed by atoms with Crippen molar-refractivity contribution in [2.75, 3.05) is 7.11 Å². The van der Waals surface area contributed by atoms with E-state index in [4.69, 9.17) is 4.74 Å². The summed E-state index contributed by atoms with van der Waals surface area (Å²) in [5, 5.41) is 19.6. The maximum absolute atomic E-state index is 10.3. The lowest BCUT2D eigenvalue weighted by molar-refractivity contribution is -0.385. The van der Waals surface area contributed by atoms with Crippen LogP contribution in [0.4, 0.5) is 5.69 Å². The monoisotopic (exact) mass is 183 g/mol. The van der Waals surface area contributed by atoms with Crippen molar-refractivity contribution < 1.29 is 14.8 Å². The molecule has 0 amide bonds. The zero-order valence-electron chi connectivity index (χ0n) is 7.06. The van der Waals surface area contributed by atoms with Crippen LogP contribution in [0.25, 0.3) is 0 Å². The number of non-ortho nitro benzene ring substituents is 1. The topological polar surface area (TPSA) is 72.6 Å². The summed E-state index contributed by atoms with van der Waals surface area (Å²) in [6.45, 7) is 0.240. The van der Waals surface area contributed by atoms with E-state index in [1.807, 2.05) is 0 Å². The highest BCUT2D eigenvalue weighted by atomic mass is 16.6. The minimum atomic E-state index is -0.559. The van der Waals surface area contributed by atoms with Gasteiger partial charge in [-0.25, -0.2) is 0 Å². The third kappa shape index (κ3) is 2.16. The van der Waals surface area contributed by atoms with Crippen molar-refractivity contribution in [3.05, 3.63) is 33.9 Å². The van der Waals surface area contributed by atoms with Gasteiger partial charge in [0, 0.05) is 18.7 Å². The Balaban J connectivity index is 2.98. The first kappa shape index (κ1) is 9.47. The highest BCUT2D eigenvalue weighted by Crippen LogP contribution is 2.23. The molecule has 0 radical (unpaired) electrons. The smallest absolute Gasteiger partial charge is 0.273 e. The lowest BCUT2D eigenvalue weighted by Gasteiger charge is -2.01. The number of phenolic OH excluding ortho intramolecular Hbond substituents is 1. The van der Waals surface area contributed by atoms with Gasteiger partial charge in [0.2, 0.25) is 0 Å². The second-order valence-corrected chi connectivity index (χ2v) is 2.50. The fourth-order valence-corrected chi connectivity index (χ4v) is 0.943. The van der Waals surface area contributed by atoms with E-state index < -0.39 is 4.92 Å². The molecule has 0 saturated carbocycles. The number of rotatable bonds is 3. The standard InChI is InChI=1S/C8H9NO4/c1-13-5-6-2-3-7(9(11)12)4-8(6)10/h2-4,10H,5H2,1H3. The molecule has 70 valence electrons. The van der Waals surface area contributed by atoms with E-state index in [0.29, 0.717) is 5.56 Å². The summed E-state index contributed by atoms with van der Waals surface area (Å²) < 4.78 is 4.78. The van der Waals surface area contributed by atoms with Crippen molar-refractivity contribution in [3.63, 3.8) is 0 Å². The van der Waals surface area contributed by atoms with Gasteiger partial charge >= 0.3 is 0 Å². The third-order valence-corrected chi connectivity index (χ3v) is 1.58. The van der Waals surface area contributed by atoms with Crippen molar-refractivity contribution in [1.82, 2.24) is 0 Å². The van der Waals surface area contributed by atoms with Crippen molar-refractivity contribution in [1.29, 1.82) is 0 Å². The number of nitro groups is 1. The van der Waals surface area contributed by atoms with Crippen molar-refractivity contribution in [2.24, 2.45) is 0 Å². The molecule has 0 spiro atoms. The fourth-order valence-electron chi connectivity index (χ4n) is 0.943. The average Bonchev–Trinajstić information content (AvgIpc) is 2.08. The summed E-state index contributed by atoms with van der Waals surface area (Å²) in [6.07, 6.45) is 0. The maximum atomic E-state index is 10.3. The van der Waals surface area contributed by atoms with Crippen LogP contribution in [0.1, 0.15) is 5.56 Å². The van der Waals surface area contributed by atoms with E-state index in [2.05, 4.69) is 0 Å². The van der Waals surface area contributed by atoms with Gasteiger partial charge < -0.3 is 9.84 Å². The van der Waals surface area contributed by atoms with Crippen LogP contribution in [-0.2, 0) is 11.3 Å². The average molecular weight is 183 g/mol. The number of nitro benzene ring substituents is 1. The number of ether oxygens (including phenoxy) is 1. The first-order valence-electron chi connectivity index (χ1n) is 3.60. The van der Waals surface area contributed by atoms with E-state index in [0.717, 1.165) is 6.07 Å². The zero-order chi connectivity index (χ0) is 9.84. The van der Waals surface area contributed by atoms with Gasteiger partial charge in [-0.1, -0.05) is 0 Å². The Kier molecular flexibility index (Phi) is 2.81. The van der Waals surface area contributed by atoms with Crippen LogP contribution in [0.5, 0.6) is 5.75 Å². The molecule has 0 fully saturated rings. The van der Waals surface area contributed by atoms with Gasteiger partial charge in [-0.05, 0) is 6.07 Å². The first-order valence-corrected chi connectivity index (χ1v) is 3.60. The summed E-state index contributed by atoms with van der Waals surface area (Å²) in [6, 6.07) is 3.90. The number of hydrogen-bond donors (Lipinski definition) is 1. The predicted molar refractivity (Wildman–Crippen MR) is 45.5 cm³/mol. The molecule has 0 heterocycles. The molecule has 5 heteroatoms. The van der Waals surface area contributed by atoms with Crippen LogP contribution in [0.2, 0.25) is 0 Å². The number of benzene rings is 1. The Morgan fingerprint density at radius 3 is 2.77 bits per heavy atom. The molecule has 1 aromatic rings. The van der Waals surface area contributed by atoms with Crippen LogP contribution in [0, 0.1) is 10.1 Å². The van der Waals surface area contributed by atoms with Crippen molar-refractivity contribution >= 4 is 5.69 Å². The maximum Gasteiger partial charge on any atom is 0.273 e. The van der Waals surface area contributed by atoms with Gasteiger partial charge in [0.25, 0.3) is 5.69 Å². The van der Waals surface area contributed by atoms with E-state index in [1.54, 1.807) is 0 Å². The third-order valence-electron chi connectivity index (χ3n) is 1.58. The quantitative estimate of drug-likeness (QED) is 0.568. The van der Waals surface area contributed by atoms with E-state index in [-0.39, 0.29) is 18.0 Å². The lowest BCUT2D eigenvalue weighted by atomic mass is 10.2. The Hall–Kier alpha value is -1.62. The van der Waals surface area contributed by atoms with E-state index in [9.17, 15) is 15.2 Å². The van der Waals surface area contributed by atoms with Crippen LogP contribution in [0.15, 0.2) is 18.2 Å². The molecule has 0 unspecified atom stereocenters. The molecule has 13 heavy (non-hydrogen) atoms. The van der Waals surface area contributed by atoms with Crippen LogP contribution in [0.3, 0.4) is 0 Å². The van der Waals surface area contributed by atoms with Gasteiger partial charge in [-0.15, -0.1) is 0 Å². The van der Waals surface area contributed by atoms with Gasteiger partial charge in [-0.2, -0.15) is 0 Å². The van der Waals surface area contributed by atoms with Crippen molar-refractivity contribution in [2.45, 2.75) is 6.61 Å². The van der Waals surface area contributed by atoms with Gasteiger partial charge in [0.15, 0.2) is 0 Å². The van der Waals surface area contributed by atoms with Crippen LogP contribution in [-0.4, -0.2) is 17.1 Å². The SMILES string of the molecule is COCc1ccc([N+](=O)[O-])cc1O. The molecule has 0 aromatic heterocycles. The summed E-state index contributed by atoms with van der Waals surface area (Å²) >= 11 is 0. The van der Waals surface area contributed by atoms with E-state index >= 15 is 0 Å². The molecule has 0 aliphatic rings. The molecule has 0 saturated heterocycles. The second-order valence-electron chi connectivity index (χ2n) is 2.50. The Labute approximate surface area is 74.7 Å². The van der Waals surface area contributed by atoms with Gasteiger partial charge in [0.05, 0.1) is 17.6 Å². The molecular weight excluding hydrogens is 174 g/mol. The second kappa shape index (κ2) is 3.86. The number of hydrogen-bond acceptors (Lipinski definition) is 4.